The van der Waals surface area contributed by atoms with E-state index in [0.717, 1.165) is 11.5 Å². The standard InChI is InChI=1S/C18H28FN5O2.HI/c1-5-26-18(25)24-10-8-23(9-11-24)17(20-2)21-13-14-6-7-16(22(3)4)15(19)12-14;/h6-7,12H,5,8-11,13H2,1-4H3,(H,20,21);1H. The van der Waals surface area contributed by atoms with Gasteiger partial charge in [0.2, 0.25) is 0 Å². The minimum absolute atomic E-state index is 0. The maximum atomic E-state index is 14.1. The molecule has 0 bridgehead atoms. The first-order chi connectivity index (χ1) is 12.5. The van der Waals surface area contributed by atoms with Gasteiger partial charge in [-0.25, -0.2) is 9.18 Å². The highest BCUT2D eigenvalue weighted by Gasteiger charge is 2.23. The Kier molecular flexibility index (Phi) is 9.61. The van der Waals surface area contributed by atoms with E-state index in [1.807, 2.05) is 20.2 Å². The molecule has 1 aliphatic heterocycles. The molecular weight excluding hydrogens is 464 g/mol. The molecule has 152 valence electrons. The second-order valence-electron chi connectivity index (χ2n) is 6.25. The van der Waals surface area contributed by atoms with E-state index in [2.05, 4.69) is 15.2 Å². The summed E-state index contributed by atoms with van der Waals surface area (Å²) >= 11 is 0. The number of ether oxygens (including phenoxy) is 1. The molecule has 0 aromatic heterocycles. The second-order valence-corrected chi connectivity index (χ2v) is 6.25. The summed E-state index contributed by atoms with van der Waals surface area (Å²) in [6.07, 6.45) is -0.272. The summed E-state index contributed by atoms with van der Waals surface area (Å²) in [6.45, 7) is 5.19. The van der Waals surface area contributed by atoms with E-state index in [9.17, 15) is 9.18 Å². The van der Waals surface area contributed by atoms with Gasteiger partial charge in [0.05, 0.1) is 12.3 Å². The normalized spacial score (nSPS) is 14.5. The summed E-state index contributed by atoms with van der Waals surface area (Å²) in [5.41, 5.74) is 1.41. The van der Waals surface area contributed by atoms with Gasteiger partial charge in [-0.3, -0.25) is 4.99 Å². The molecule has 0 spiro atoms. The van der Waals surface area contributed by atoms with E-state index in [1.165, 1.54) is 6.07 Å². The first-order valence-electron chi connectivity index (χ1n) is 8.79. The molecule has 1 aliphatic rings. The van der Waals surface area contributed by atoms with Crippen LogP contribution in [0.3, 0.4) is 0 Å². The van der Waals surface area contributed by atoms with Crippen LogP contribution < -0.4 is 10.2 Å². The molecule has 1 amide bonds. The number of benzene rings is 1. The number of aliphatic imine (C=N–C) groups is 1. The monoisotopic (exact) mass is 493 g/mol. The Morgan fingerprint density at radius 1 is 1.26 bits per heavy atom. The van der Waals surface area contributed by atoms with Crippen molar-refractivity contribution in [2.75, 3.05) is 58.8 Å². The largest absolute Gasteiger partial charge is 0.450 e. The van der Waals surface area contributed by atoms with Crippen LogP contribution >= 0.6 is 24.0 Å². The summed E-state index contributed by atoms with van der Waals surface area (Å²) in [5.74, 6) is 0.498. The average molecular weight is 493 g/mol. The van der Waals surface area contributed by atoms with Crippen molar-refractivity contribution >= 4 is 41.7 Å². The number of rotatable bonds is 4. The van der Waals surface area contributed by atoms with E-state index in [4.69, 9.17) is 4.74 Å². The zero-order valence-corrected chi connectivity index (χ0v) is 18.7. The summed E-state index contributed by atoms with van der Waals surface area (Å²) in [4.78, 5) is 21.6. The average Bonchev–Trinajstić information content (AvgIpc) is 2.62. The number of anilines is 1. The van der Waals surface area contributed by atoms with Gasteiger partial charge in [-0.1, -0.05) is 6.07 Å². The van der Waals surface area contributed by atoms with Gasteiger partial charge in [0.25, 0.3) is 0 Å². The summed E-state index contributed by atoms with van der Waals surface area (Å²) in [5, 5.41) is 3.26. The second kappa shape index (κ2) is 11.2. The fraction of sp³-hybridized carbons (Fsp3) is 0.556. The minimum atomic E-state index is -0.272. The molecule has 0 aliphatic carbocycles. The molecule has 2 rings (SSSR count). The highest BCUT2D eigenvalue weighted by atomic mass is 127. The maximum Gasteiger partial charge on any atom is 0.409 e. The molecule has 1 aromatic rings. The van der Waals surface area contributed by atoms with Crippen LogP contribution in [-0.2, 0) is 11.3 Å². The van der Waals surface area contributed by atoms with Crippen molar-refractivity contribution in [1.29, 1.82) is 0 Å². The van der Waals surface area contributed by atoms with Crippen LogP contribution in [0.25, 0.3) is 0 Å². The zero-order valence-electron chi connectivity index (χ0n) is 16.4. The van der Waals surface area contributed by atoms with Crippen LogP contribution in [0.1, 0.15) is 12.5 Å². The van der Waals surface area contributed by atoms with Crippen molar-refractivity contribution in [3.05, 3.63) is 29.6 Å². The number of hydrogen-bond acceptors (Lipinski definition) is 4. The molecule has 0 atom stereocenters. The van der Waals surface area contributed by atoms with Crippen molar-refractivity contribution in [3.63, 3.8) is 0 Å². The lowest BCUT2D eigenvalue weighted by molar-refractivity contribution is 0.0914. The topological polar surface area (TPSA) is 60.4 Å². The first-order valence-corrected chi connectivity index (χ1v) is 8.79. The van der Waals surface area contributed by atoms with E-state index in [0.29, 0.717) is 45.0 Å². The zero-order chi connectivity index (χ0) is 19.1. The number of hydrogen-bond donors (Lipinski definition) is 1. The van der Waals surface area contributed by atoms with E-state index in [-0.39, 0.29) is 35.9 Å². The molecule has 0 saturated carbocycles. The number of carbonyl (C=O) groups excluding carboxylic acids is 1. The number of carbonyl (C=O) groups is 1. The molecule has 1 heterocycles. The van der Waals surface area contributed by atoms with Crippen LogP contribution in [0, 0.1) is 5.82 Å². The Bertz CT molecular complexity index is 649. The van der Waals surface area contributed by atoms with Crippen LogP contribution in [0.4, 0.5) is 14.9 Å². The van der Waals surface area contributed by atoms with Crippen molar-refractivity contribution in [1.82, 2.24) is 15.1 Å². The number of nitrogens with one attached hydrogen (secondary N) is 1. The highest BCUT2D eigenvalue weighted by Crippen LogP contribution is 2.18. The van der Waals surface area contributed by atoms with Crippen molar-refractivity contribution < 1.29 is 13.9 Å². The molecule has 1 saturated heterocycles. The van der Waals surface area contributed by atoms with Gasteiger partial charge in [0.1, 0.15) is 5.82 Å². The Morgan fingerprint density at radius 3 is 2.41 bits per heavy atom. The SMILES string of the molecule is CCOC(=O)N1CCN(C(=NC)NCc2ccc(N(C)C)c(F)c2)CC1.I. The Labute approximate surface area is 177 Å². The van der Waals surface area contributed by atoms with Gasteiger partial charge >= 0.3 is 6.09 Å². The summed E-state index contributed by atoms with van der Waals surface area (Å²) in [7, 11) is 5.35. The lowest BCUT2D eigenvalue weighted by atomic mass is 10.2. The van der Waals surface area contributed by atoms with Gasteiger partial charge in [0.15, 0.2) is 5.96 Å². The number of nitrogens with zero attached hydrogens (tertiary/aromatic N) is 4. The number of halogens is 2. The Morgan fingerprint density at radius 2 is 1.89 bits per heavy atom. The fourth-order valence-corrected chi connectivity index (χ4v) is 2.85. The maximum absolute atomic E-state index is 14.1. The smallest absolute Gasteiger partial charge is 0.409 e. The van der Waals surface area contributed by atoms with Gasteiger partial charge in [-0.2, -0.15) is 0 Å². The molecule has 1 fully saturated rings. The van der Waals surface area contributed by atoms with Crippen LogP contribution in [0.5, 0.6) is 0 Å². The Hall–Kier alpha value is -1.78. The van der Waals surface area contributed by atoms with Gasteiger partial charge in [-0.05, 0) is 24.6 Å². The molecular formula is C18H29FIN5O2. The lowest BCUT2D eigenvalue weighted by Gasteiger charge is -2.35. The van der Waals surface area contributed by atoms with Crippen molar-refractivity contribution in [2.24, 2.45) is 4.99 Å². The number of guanidine groups is 1. The minimum Gasteiger partial charge on any atom is -0.450 e. The highest BCUT2D eigenvalue weighted by molar-refractivity contribution is 14.0. The van der Waals surface area contributed by atoms with E-state index >= 15 is 0 Å². The summed E-state index contributed by atoms with van der Waals surface area (Å²) < 4.78 is 19.1. The van der Waals surface area contributed by atoms with Crippen molar-refractivity contribution in [2.45, 2.75) is 13.5 Å². The molecule has 9 heteroatoms. The van der Waals surface area contributed by atoms with Crippen molar-refractivity contribution in [3.8, 4) is 0 Å². The lowest BCUT2D eigenvalue weighted by Crippen LogP contribution is -2.53. The first kappa shape index (κ1) is 23.3. The van der Waals surface area contributed by atoms with Crippen LogP contribution in [0.2, 0.25) is 0 Å². The third-order valence-corrected chi connectivity index (χ3v) is 4.26. The molecule has 0 radical (unpaired) electrons. The third kappa shape index (κ3) is 6.40. The van der Waals surface area contributed by atoms with Crippen LogP contribution in [0.15, 0.2) is 23.2 Å². The predicted octanol–water partition coefficient (Wildman–Crippen LogP) is 2.36. The van der Waals surface area contributed by atoms with E-state index < -0.39 is 0 Å². The van der Waals surface area contributed by atoms with Gasteiger partial charge < -0.3 is 24.8 Å². The number of piperazine rings is 1. The molecule has 27 heavy (non-hydrogen) atoms. The van der Waals surface area contributed by atoms with Crippen LogP contribution in [-0.4, -0.2) is 75.8 Å². The quantitative estimate of drug-likeness (QED) is 0.397. The van der Waals surface area contributed by atoms with E-state index in [1.54, 1.807) is 29.8 Å². The van der Waals surface area contributed by atoms with Gasteiger partial charge in [0, 0.05) is 53.9 Å². The number of amides is 1. The predicted molar refractivity (Wildman–Crippen MR) is 117 cm³/mol. The fourth-order valence-electron chi connectivity index (χ4n) is 2.85. The Balaban J connectivity index is 0.00000364. The molecule has 1 aromatic carbocycles. The summed E-state index contributed by atoms with van der Waals surface area (Å²) in [6, 6.07) is 5.21. The molecule has 1 N–H and O–H groups in total. The molecule has 0 unspecified atom stereocenters. The molecule has 7 nitrogen and oxygen atoms in total. The third-order valence-electron chi connectivity index (χ3n) is 4.26. The van der Waals surface area contributed by atoms with Gasteiger partial charge in [-0.15, -0.1) is 24.0 Å².